The van der Waals surface area contributed by atoms with E-state index in [1.165, 1.54) is 62.5 Å². The van der Waals surface area contributed by atoms with Crippen molar-refractivity contribution in [2.75, 3.05) is 0 Å². The normalized spacial score (nSPS) is 28.1. The molecule has 0 amide bonds. The van der Waals surface area contributed by atoms with Crippen LogP contribution in [0.2, 0.25) is 0 Å². The first-order valence-electron chi connectivity index (χ1n) is 11.2. The Balaban J connectivity index is 1.15. The smallest absolute Gasteiger partial charge is 0.0500 e. The Morgan fingerprint density at radius 1 is 0.552 bits per heavy atom. The number of rotatable bonds is 6. The molecule has 2 fully saturated rings. The summed E-state index contributed by atoms with van der Waals surface area (Å²) in [5.74, 6) is 0. The molecule has 0 bridgehead atoms. The highest BCUT2D eigenvalue weighted by molar-refractivity contribution is 8.00. The van der Waals surface area contributed by atoms with Crippen molar-refractivity contribution in [2.45, 2.75) is 74.0 Å². The molecular formula is C26H32N2S. The Bertz CT molecular complexity index is 703. The average molecular weight is 405 g/mol. The van der Waals surface area contributed by atoms with Gasteiger partial charge in [0.2, 0.25) is 0 Å². The summed E-state index contributed by atoms with van der Waals surface area (Å²) in [7, 11) is 0. The molecule has 152 valence electrons. The summed E-state index contributed by atoms with van der Waals surface area (Å²) in [6.45, 7) is 0. The van der Waals surface area contributed by atoms with E-state index < -0.39 is 0 Å². The maximum atomic E-state index is 4.84. The van der Waals surface area contributed by atoms with Crippen molar-refractivity contribution >= 4 is 24.2 Å². The maximum absolute atomic E-state index is 4.84. The summed E-state index contributed by atoms with van der Waals surface area (Å²) in [6.07, 6.45) is 14.4. The van der Waals surface area contributed by atoms with Crippen molar-refractivity contribution in [3.63, 3.8) is 0 Å². The fraction of sp³-hybridized carbons (Fsp3) is 0.462. The first-order chi connectivity index (χ1) is 14.3. The lowest BCUT2D eigenvalue weighted by Gasteiger charge is -2.32. The number of thioether (sulfide) groups is 1. The van der Waals surface area contributed by atoms with Gasteiger partial charge in [-0.05, 0) is 62.5 Å². The topological polar surface area (TPSA) is 24.7 Å². The van der Waals surface area contributed by atoms with Gasteiger partial charge in [-0.3, -0.25) is 9.98 Å². The molecule has 0 spiro atoms. The highest BCUT2D eigenvalue weighted by Gasteiger charge is 2.26. The predicted octanol–water partition coefficient (Wildman–Crippen LogP) is 6.58. The zero-order valence-corrected chi connectivity index (χ0v) is 18.0. The fourth-order valence-electron chi connectivity index (χ4n) is 4.39. The Kier molecular flexibility index (Phi) is 7.58. The van der Waals surface area contributed by atoms with E-state index in [1.807, 2.05) is 0 Å². The Hall–Kier alpha value is -1.87. The third kappa shape index (κ3) is 6.57. The van der Waals surface area contributed by atoms with E-state index in [2.05, 4.69) is 84.9 Å². The summed E-state index contributed by atoms with van der Waals surface area (Å²) >= 11 is 2.27. The molecule has 29 heavy (non-hydrogen) atoms. The molecule has 2 aromatic carbocycles. The largest absolute Gasteiger partial charge is 0.289 e. The number of benzene rings is 2. The van der Waals surface area contributed by atoms with Gasteiger partial charge < -0.3 is 0 Å². The van der Waals surface area contributed by atoms with Crippen LogP contribution in [0.1, 0.15) is 62.5 Å². The number of aliphatic imine (C=N–C) groups is 2. The van der Waals surface area contributed by atoms with Gasteiger partial charge in [-0.15, -0.1) is 0 Å². The summed E-state index contributed by atoms with van der Waals surface area (Å²) < 4.78 is 0. The molecule has 0 atom stereocenters. The van der Waals surface area contributed by atoms with Crippen LogP contribution in [-0.4, -0.2) is 35.0 Å². The zero-order chi connectivity index (χ0) is 19.7. The maximum Gasteiger partial charge on any atom is 0.0500 e. The molecule has 0 aromatic heterocycles. The van der Waals surface area contributed by atoms with Crippen LogP contribution in [0.25, 0.3) is 0 Å². The van der Waals surface area contributed by atoms with Gasteiger partial charge in [0, 0.05) is 22.9 Å². The van der Waals surface area contributed by atoms with E-state index in [0.29, 0.717) is 12.1 Å². The summed E-state index contributed by atoms with van der Waals surface area (Å²) in [5.41, 5.74) is 2.44. The zero-order valence-electron chi connectivity index (χ0n) is 17.2. The first kappa shape index (κ1) is 20.4. The highest BCUT2D eigenvalue weighted by Crippen LogP contribution is 2.38. The SMILES string of the molecule is C(=NC1CCC(SC2CCC(N=Cc3ccccc3)CC2)CC1)c1ccccc1. The quantitative estimate of drug-likeness (QED) is 0.499. The minimum atomic E-state index is 0.523. The molecule has 0 aliphatic heterocycles. The molecule has 0 N–H and O–H groups in total. The van der Waals surface area contributed by atoms with Gasteiger partial charge in [0.15, 0.2) is 0 Å². The van der Waals surface area contributed by atoms with Crippen LogP contribution >= 0.6 is 11.8 Å². The van der Waals surface area contributed by atoms with E-state index in [1.54, 1.807) is 0 Å². The minimum Gasteiger partial charge on any atom is -0.289 e. The van der Waals surface area contributed by atoms with Gasteiger partial charge in [-0.1, -0.05) is 60.7 Å². The standard InChI is InChI=1S/C26H32N2S/c1-3-7-21(8-4-1)19-27-23-11-15-25(16-12-23)29-26-17-13-24(14-18-26)28-20-22-9-5-2-6-10-22/h1-10,19-20,23-26H,11-18H2. The monoisotopic (exact) mass is 404 g/mol. The lowest BCUT2D eigenvalue weighted by atomic mass is 9.95. The van der Waals surface area contributed by atoms with Crippen LogP contribution in [0.3, 0.4) is 0 Å². The molecule has 0 heterocycles. The van der Waals surface area contributed by atoms with Crippen LogP contribution in [0.4, 0.5) is 0 Å². The second-order valence-corrected chi connectivity index (χ2v) is 9.98. The van der Waals surface area contributed by atoms with Gasteiger partial charge in [-0.25, -0.2) is 0 Å². The van der Waals surface area contributed by atoms with Crippen molar-refractivity contribution in [1.82, 2.24) is 0 Å². The molecule has 0 saturated heterocycles. The third-order valence-electron chi connectivity index (χ3n) is 6.14. The van der Waals surface area contributed by atoms with E-state index in [-0.39, 0.29) is 0 Å². The second kappa shape index (κ2) is 10.8. The summed E-state index contributed by atoms with van der Waals surface area (Å²) in [5, 5.41) is 1.68. The molecule has 4 rings (SSSR count). The molecule has 0 unspecified atom stereocenters. The predicted molar refractivity (Wildman–Crippen MR) is 128 cm³/mol. The van der Waals surface area contributed by atoms with Crippen LogP contribution in [0, 0.1) is 0 Å². The van der Waals surface area contributed by atoms with Crippen molar-refractivity contribution < 1.29 is 0 Å². The highest BCUT2D eigenvalue weighted by atomic mass is 32.2. The number of nitrogens with zero attached hydrogens (tertiary/aromatic N) is 2. The van der Waals surface area contributed by atoms with E-state index in [0.717, 1.165) is 10.5 Å². The molecular weight excluding hydrogens is 372 g/mol. The number of hydrogen-bond acceptors (Lipinski definition) is 3. The summed E-state index contributed by atoms with van der Waals surface area (Å²) in [4.78, 5) is 9.68. The van der Waals surface area contributed by atoms with Gasteiger partial charge in [-0.2, -0.15) is 11.8 Å². The first-order valence-corrected chi connectivity index (χ1v) is 12.1. The third-order valence-corrected chi connectivity index (χ3v) is 7.85. The fourth-order valence-corrected chi connectivity index (χ4v) is 6.03. The van der Waals surface area contributed by atoms with Crippen LogP contribution in [-0.2, 0) is 0 Å². The second-order valence-electron chi connectivity index (χ2n) is 8.37. The Labute approximate surface area is 179 Å². The van der Waals surface area contributed by atoms with Crippen molar-refractivity contribution in [3.05, 3.63) is 71.8 Å². The van der Waals surface area contributed by atoms with Crippen LogP contribution in [0.15, 0.2) is 70.6 Å². The van der Waals surface area contributed by atoms with Crippen LogP contribution in [0.5, 0.6) is 0 Å². The molecule has 2 aliphatic rings. The van der Waals surface area contributed by atoms with Gasteiger partial charge in [0.25, 0.3) is 0 Å². The van der Waals surface area contributed by atoms with Gasteiger partial charge >= 0.3 is 0 Å². The van der Waals surface area contributed by atoms with E-state index in [4.69, 9.17) is 9.98 Å². The van der Waals surface area contributed by atoms with Gasteiger partial charge in [0.05, 0.1) is 12.1 Å². The van der Waals surface area contributed by atoms with Gasteiger partial charge in [0.1, 0.15) is 0 Å². The average Bonchev–Trinajstić information content (AvgIpc) is 2.80. The molecule has 3 heteroatoms. The molecule has 0 radical (unpaired) electrons. The lowest BCUT2D eigenvalue weighted by molar-refractivity contribution is 0.437. The molecule has 2 aliphatic carbocycles. The lowest BCUT2D eigenvalue weighted by Crippen LogP contribution is -2.24. The Morgan fingerprint density at radius 3 is 1.31 bits per heavy atom. The summed E-state index contributed by atoms with van der Waals surface area (Å²) in [6, 6.07) is 22.0. The van der Waals surface area contributed by atoms with Crippen molar-refractivity contribution in [1.29, 1.82) is 0 Å². The minimum absolute atomic E-state index is 0.523. The molecule has 2 saturated carbocycles. The number of hydrogen-bond donors (Lipinski definition) is 0. The van der Waals surface area contributed by atoms with Crippen molar-refractivity contribution in [3.8, 4) is 0 Å². The van der Waals surface area contributed by atoms with Crippen LogP contribution < -0.4 is 0 Å². The molecule has 2 nitrogen and oxygen atoms in total. The molecule has 2 aromatic rings. The van der Waals surface area contributed by atoms with Crippen molar-refractivity contribution in [2.24, 2.45) is 9.98 Å². The Morgan fingerprint density at radius 2 is 0.931 bits per heavy atom. The van der Waals surface area contributed by atoms with E-state index in [9.17, 15) is 0 Å². The van der Waals surface area contributed by atoms with E-state index >= 15 is 0 Å².